The number of nitrogens with zero attached hydrogens (tertiary/aromatic N) is 4. The van der Waals surface area contributed by atoms with Crippen LogP contribution in [0.25, 0.3) is 5.65 Å². The molecule has 13 heavy (non-hydrogen) atoms. The van der Waals surface area contributed by atoms with E-state index in [4.69, 9.17) is 5.26 Å². The Bertz CT molecular complexity index is 482. The molecule has 0 bridgehead atoms. The third-order valence-electron chi connectivity index (χ3n) is 1.64. The van der Waals surface area contributed by atoms with Crippen molar-refractivity contribution < 1.29 is 21.2 Å². The zero-order valence-electron chi connectivity index (χ0n) is 6.90. The van der Waals surface area contributed by atoms with Gasteiger partial charge in [0.05, 0.1) is 0 Å². The molecule has 0 aliphatic heterocycles. The summed E-state index contributed by atoms with van der Waals surface area (Å²) in [6, 6.07) is 3.92. The van der Waals surface area contributed by atoms with Crippen LogP contribution >= 0.6 is 0 Å². The van der Waals surface area contributed by atoms with E-state index in [1.165, 1.54) is 0 Å². The van der Waals surface area contributed by atoms with Gasteiger partial charge in [-0.25, -0.2) is 0 Å². The molecule has 0 aliphatic rings. The molecule has 0 aliphatic carbocycles. The third kappa shape index (κ3) is 1.37. The number of nitriles is 1. The molecule has 0 fully saturated rings. The van der Waals surface area contributed by atoms with Gasteiger partial charge in [-0.15, -0.1) is 0 Å². The van der Waals surface area contributed by atoms with Gasteiger partial charge in [-0.05, 0) is 0 Å². The second-order valence-corrected chi connectivity index (χ2v) is 4.48. The summed E-state index contributed by atoms with van der Waals surface area (Å²) < 4.78 is 2.63. The van der Waals surface area contributed by atoms with E-state index in [9.17, 15) is 0 Å². The normalized spacial score (nSPS) is 10.5. The molecule has 5 heteroatoms. The Hall–Kier alpha value is -1.16. The number of hydrogen-bond acceptors (Lipinski definition) is 3. The number of halogens is 1. The van der Waals surface area contributed by atoms with Crippen LogP contribution in [0.2, 0.25) is 0 Å². The standard InChI is InChI=1S/C8H6IN4/c1-9-8-6(5-10)4-7-11-2-3-13(7)12-8/h2-4H,1H3/q-1. The zero-order valence-corrected chi connectivity index (χ0v) is 9.06. The zero-order chi connectivity index (χ0) is 9.26. The van der Waals surface area contributed by atoms with Crippen molar-refractivity contribution in [2.45, 2.75) is 0 Å². The molecule has 0 amide bonds. The van der Waals surface area contributed by atoms with Gasteiger partial charge in [-0.3, -0.25) is 0 Å². The number of fused-ring (bicyclic) bond motifs is 1. The van der Waals surface area contributed by atoms with Gasteiger partial charge < -0.3 is 0 Å². The summed E-state index contributed by atoms with van der Waals surface area (Å²) in [4.78, 5) is 6.15. The maximum absolute atomic E-state index is 8.84. The van der Waals surface area contributed by atoms with Crippen molar-refractivity contribution in [2.75, 3.05) is 4.93 Å². The van der Waals surface area contributed by atoms with Crippen LogP contribution in [0.1, 0.15) is 5.56 Å². The molecule has 0 radical (unpaired) electrons. The van der Waals surface area contributed by atoms with Crippen LogP contribution in [0.5, 0.6) is 0 Å². The molecule has 0 aromatic carbocycles. The van der Waals surface area contributed by atoms with E-state index < -0.39 is 0 Å². The fraction of sp³-hybridized carbons (Fsp3) is 0.125. The minimum atomic E-state index is -0.157. The average Bonchev–Trinajstić information content (AvgIpc) is 2.62. The van der Waals surface area contributed by atoms with E-state index in [0.29, 0.717) is 5.56 Å². The van der Waals surface area contributed by atoms with Crippen molar-refractivity contribution in [1.29, 1.82) is 5.26 Å². The minimum absolute atomic E-state index is 0.157. The topological polar surface area (TPSA) is 54.0 Å². The van der Waals surface area contributed by atoms with Gasteiger partial charge in [0.25, 0.3) is 0 Å². The Morgan fingerprint density at radius 2 is 2.46 bits per heavy atom. The molecule has 66 valence electrons. The van der Waals surface area contributed by atoms with Crippen LogP contribution in [0.15, 0.2) is 18.5 Å². The van der Waals surface area contributed by atoms with E-state index >= 15 is 0 Å². The SMILES string of the molecule is C[I-]c1nn2ccnc2cc1C#N. The molecule has 2 heterocycles. The Kier molecular flexibility index (Phi) is 2.14. The summed E-state index contributed by atoms with van der Waals surface area (Å²) in [5.74, 6) is 0. The van der Waals surface area contributed by atoms with Gasteiger partial charge in [0.2, 0.25) is 0 Å². The Morgan fingerprint density at radius 1 is 1.62 bits per heavy atom. The molecule has 0 unspecified atom stereocenters. The molecule has 2 aromatic heterocycles. The first-order valence-corrected chi connectivity index (χ1v) is 6.82. The number of alkyl halides is 1. The van der Waals surface area contributed by atoms with E-state index in [1.807, 2.05) is 0 Å². The monoisotopic (exact) mass is 285 g/mol. The second-order valence-electron chi connectivity index (χ2n) is 2.38. The van der Waals surface area contributed by atoms with Crippen molar-refractivity contribution in [2.24, 2.45) is 0 Å². The summed E-state index contributed by atoms with van der Waals surface area (Å²) in [6.45, 7) is 0. The molecule has 0 saturated carbocycles. The molecule has 2 rings (SSSR count). The fourth-order valence-corrected chi connectivity index (χ4v) is 2.36. The van der Waals surface area contributed by atoms with Gasteiger partial charge in [-0.2, -0.15) is 0 Å². The summed E-state index contributed by atoms with van der Waals surface area (Å²) in [7, 11) is 0. The van der Waals surface area contributed by atoms with Gasteiger partial charge in [0.15, 0.2) is 0 Å². The third-order valence-corrected chi connectivity index (χ3v) is 3.46. The molecule has 0 atom stereocenters. The first-order chi connectivity index (χ1) is 6.35. The van der Waals surface area contributed by atoms with Crippen molar-refractivity contribution in [3.8, 4) is 6.07 Å². The van der Waals surface area contributed by atoms with E-state index in [1.54, 1.807) is 23.0 Å². The predicted octanol–water partition coefficient (Wildman–Crippen LogP) is -2.51. The summed E-state index contributed by atoms with van der Waals surface area (Å²) in [5.41, 5.74) is 1.40. The Balaban J connectivity index is 2.76. The van der Waals surface area contributed by atoms with E-state index in [-0.39, 0.29) is 21.2 Å². The quantitative estimate of drug-likeness (QED) is 0.429. The van der Waals surface area contributed by atoms with Gasteiger partial charge >= 0.3 is 85.4 Å². The van der Waals surface area contributed by atoms with Crippen LogP contribution in [0, 0.1) is 15.0 Å². The van der Waals surface area contributed by atoms with Crippen LogP contribution in [0.3, 0.4) is 0 Å². The molecule has 4 nitrogen and oxygen atoms in total. The predicted molar refractivity (Wildman–Crippen MR) is 42.3 cm³/mol. The van der Waals surface area contributed by atoms with Gasteiger partial charge in [0.1, 0.15) is 0 Å². The number of aromatic nitrogens is 3. The van der Waals surface area contributed by atoms with Crippen molar-refractivity contribution in [1.82, 2.24) is 14.6 Å². The number of hydrogen-bond donors (Lipinski definition) is 0. The van der Waals surface area contributed by atoms with Crippen molar-refractivity contribution in [3.05, 3.63) is 27.7 Å². The molecular formula is C8H6IN4-. The van der Waals surface area contributed by atoms with Gasteiger partial charge in [0, 0.05) is 0 Å². The van der Waals surface area contributed by atoms with Crippen molar-refractivity contribution in [3.63, 3.8) is 0 Å². The Labute approximate surface area is 85.5 Å². The van der Waals surface area contributed by atoms with Crippen molar-refractivity contribution >= 4 is 5.65 Å². The maximum atomic E-state index is 8.84. The first-order valence-electron chi connectivity index (χ1n) is 3.59. The molecule has 0 N–H and O–H groups in total. The summed E-state index contributed by atoms with van der Waals surface area (Å²) in [5, 5.41) is 13.1. The number of rotatable bonds is 1. The molecule has 2 aromatic rings. The summed E-state index contributed by atoms with van der Waals surface area (Å²) >= 11 is -0.157. The number of imidazole rings is 1. The van der Waals surface area contributed by atoms with Crippen LogP contribution in [-0.4, -0.2) is 19.5 Å². The fourth-order valence-electron chi connectivity index (χ4n) is 1.05. The van der Waals surface area contributed by atoms with E-state index in [2.05, 4.69) is 21.1 Å². The summed E-state index contributed by atoms with van der Waals surface area (Å²) in [6.07, 6.45) is 3.47. The van der Waals surface area contributed by atoms with Gasteiger partial charge in [-0.1, -0.05) is 0 Å². The molecule has 0 spiro atoms. The van der Waals surface area contributed by atoms with Crippen LogP contribution < -0.4 is 21.2 Å². The average molecular weight is 285 g/mol. The molecule has 0 saturated heterocycles. The van der Waals surface area contributed by atoms with Crippen LogP contribution in [0.4, 0.5) is 0 Å². The molecular weight excluding hydrogens is 279 g/mol. The second kappa shape index (κ2) is 3.30. The van der Waals surface area contributed by atoms with Crippen LogP contribution in [-0.2, 0) is 0 Å². The van der Waals surface area contributed by atoms with E-state index in [0.717, 1.165) is 9.35 Å². The Morgan fingerprint density at radius 3 is 3.15 bits per heavy atom. The first kappa shape index (κ1) is 8.44.